The van der Waals surface area contributed by atoms with Gasteiger partial charge in [0.25, 0.3) is 0 Å². The van der Waals surface area contributed by atoms with E-state index in [1.807, 2.05) is 25.2 Å². The molecule has 0 aliphatic rings. The van der Waals surface area contributed by atoms with Crippen molar-refractivity contribution in [2.24, 2.45) is 7.05 Å². The Labute approximate surface area is 117 Å². The van der Waals surface area contributed by atoms with E-state index in [2.05, 4.69) is 23.2 Å². The maximum absolute atomic E-state index is 5.68. The third kappa shape index (κ3) is 3.89. The highest BCUT2D eigenvalue weighted by Gasteiger charge is 2.05. The fourth-order valence-electron chi connectivity index (χ4n) is 1.57. The molecule has 102 valence electrons. The predicted octanol–water partition coefficient (Wildman–Crippen LogP) is 2.27. The fraction of sp³-hybridized carbons (Fsp3) is 0.385. The van der Waals surface area contributed by atoms with Crippen LogP contribution in [0.15, 0.2) is 29.4 Å². The van der Waals surface area contributed by atoms with Crippen molar-refractivity contribution >= 4 is 17.7 Å². The highest BCUT2D eigenvalue weighted by Crippen LogP contribution is 2.18. The molecule has 0 saturated heterocycles. The van der Waals surface area contributed by atoms with Gasteiger partial charge in [0.05, 0.1) is 6.61 Å². The number of nitrogen functional groups attached to an aromatic ring is 1. The molecule has 0 aliphatic carbocycles. The van der Waals surface area contributed by atoms with Crippen LogP contribution in [0.2, 0.25) is 0 Å². The van der Waals surface area contributed by atoms with Crippen molar-refractivity contribution in [1.29, 1.82) is 0 Å². The normalized spacial score (nSPS) is 10.6. The summed E-state index contributed by atoms with van der Waals surface area (Å²) >= 11 is 1.64. The van der Waals surface area contributed by atoms with Crippen molar-refractivity contribution in [3.63, 3.8) is 0 Å². The van der Waals surface area contributed by atoms with Gasteiger partial charge in [-0.1, -0.05) is 23.9 Å². The predicted molar refractivity (Wildman–Crippen MR) is 77.4 cm³/mol. The number of aryl methyl sites for hydroxylation is 1. The first kappa shape index (κ1) is 13.7. The maximum atomic E-state index is 5.68. The van der Waals surface area contributed by atoms with Crippen LogP contribution < -0.4 is 10.5 Å². The van der Waals surface area contributed by atoms with Crippen molar-refractivity contribution < 1.29 is 4.74 Å². The van der Waals surface area contributed by atoms with Crippen LogP contribution >= 0.6 is 11.8 Å². The van der Waals surface area contributed by atoms with Crippen LogP contribution in [0.4, 0.5) is 5.95 Å². The van der Waals surface area contributed by atoms with E-state index in [1.54, 1.807) is 16.3 Å². The summed E-state index contributed by atoms with van der Waals surface area (Å²) in [6.45, 7) is 2.75. The number of nitrogens with two attached hydrogens (primary N) is 1. The summed E-state index contributed by atoms with van der Waals surface area (Å²) in [4.78, 5) is 0. The van der Waals surface area contributed by atoms with Crippen LogP contribution in [-0.4, -0.2) is 27.1 Å². The van der Waals surface area contributed by atoms with E-state index in [9.17, 15) is 0 Å². The molecule has 0 saturated carbocycles. The molecule has 0 atom stereocenters. The van der Waals surface area contributed by atoms with E-state index >= 15 is 0 Å². The first-order valence-electron chi connectivity index (χ1n) is 6.14. The van der Waals surface area contributed by atoms with Gasteiger partial charge in [-0.05, 0) is 31.0 Å². The van der Waals surface area contributed by atoms with Crippen molar-refractivity contribution in [1.82, 2.24) is 14.8 Å². The number of aromatic nitrogens is 3. The van der Waals surface area contributed by atoms with E-state index < -0.39 is 0 Å². The Balaban J connectivity index is 1.69. The van der Waals surface area contributed by atoms with Gasteiger partial charge in [0.1, 0.15) is 5.75 Å². The minimum Gasteiger partial charge on any atom is -0.494 e. The molecule has 5 nitrogen and oxygen atoms in total. The molecule has 1 aromatic carbocycles. The monoisotopic (exact) mass is 278 g/mol. The molecular formula is C13H18N4OS. The molecule has 2 rings (SSSR count). The van der Waals surface area contributed by atoms with Crippen LogP contribution in [-0.2, 0) is 7.05 Å². The zero-order valence-electron chi connectivity index (χ0n) is 11.2. The van der Waals surface area contributed by atoms with E-state index in [0.29, 0.717) is 12.6 Å². The van der Waals surface area contributed by atoms with E-state index in [1.165, 1.54) is 5.56 Å². The zero-order chi connectivity index (χ0) is 13.7. The number of anilines is 1. The second-order valence-electron chi connectivity index (χ2n) is 4.27. The molecule has 0 spiro atoms. The number of nitrogens with zero attached hydrogens (tertiary/aromatic N) is 3. The van der Waals surface area contributed by atoms with Crippen LogP contribution in [0.25, 0.3) is 0 Å². The van der Waals surface area contributed by atoms with Gasteiger partial charge in [0, 0.05) is 12.8 Å². The van der Waals surface area contributed by atoms with Crippen LogP contribution in [0.3, 0.4) is 0 Å². The van der Waals surface area contributed by atoms with Crippen molar-refractivity contribution in [2.45, 2.75) is 18.5 Å². The van der Waals surface area contributed by atoms with Crippen molar-refractivity contribution in [2.75, 3.05) is 18.1 Å². The Morgan fingerprint density at radius 2 is 2.21 bits per heavy atom. The maximum Gasteiger partial charge on any atom is 0.222 e. The lowest BCUT2D eigenvalue weighted by molar-refractivity contribution is 0.318. The molecule has 19 heavy (non-hydrogen) atoms. The first-order valence-corrected chi connectivity index (χ1v) is 7.12. The van der Waals surface area contributed by atoms with Gasteiger partial charge in [0.15, 0.2) is 5.16 Å². The third-order valence-corrected chi connectivity index (χ3v) is 3.75. The molecule has 1 heterocycles. The van der Waals surface area contributed by atoms with Gasteiger partial charge in [-0.2, -0.15) is 0 Å². The summed E-state index contributed by atoms with van der Waals surface area (Å²) in [7, 11) is 1.86. The lowest BCUT2D eigenvalue weighted by Crippen LogP contribution is -2.01. The fourth-order valence-corrected chi connectivity index (χ4v) is 2.40. The number of hydrogen-bond acceptors (Lipinski definition) is 5. The Morgan fingerprint density at radius 1 is 1.37 bits per heavy atom. The minimum absolute atomic E-state index is 0.443. The molecule has 2 aromatic rings. The quantitative estimate of drug-likeness (QED) is 0.648. The van der Waals surface area contributed by atoms with Gasteiger partial charge >= 0.3 is 0 Å². The van der Waals surface area contributed by atoms with Gasteiger partial charge in [-0.25, -0.2) is 0 Å². The summed E-state index contributed by atoms with van der Waals surface area (Å²) in [5.41, 5.74) is 6.82. The average molecular weight is 278 g/mol. The Hall–Kier alpha value is -1.69. The topological polar surface area (TPSA) is 66.0 Å². The van der Waals surface area contributed by atoms with E-state index in [-0.39, 0.29) is 0 Å². The summed E-state index contributed by atoms with van der Waals surface area (Å²) in [5.74, 6) is 2.30. The molecule has 0 radical (unpaired) electrons. The summed E-state index contributed by atoms with van der Waals surface area (Å²) < 4.78 is 7.46. The molecule has 0 bridgehead atoms. The standard InChI is InChI=1S/C13H18N4OS/c1-10-5-3-6-11(9-10)18-7-4-8-19-13-16-15-12(14)17(13)2/h3,5-6,9H,4,7-8H2,1-2H3,(H2,14,15). The summed E-state index contributed by atoms with van der Waals surface area (Å²) in [5, 5.41) is 8.64. The highest BCUT2D eigenvalue weighted by molar-refractivity contribution is 7.99. The Morgan fingerprint density at radius 3 is 2.89 bits per heavy atom. The molecule has 2 N–H and O–H groups in total. The zero-order valence-corrected chi connectivity index (χ0v) is 12.0. The highest BCUT2D eigenvalue weighted by atomic mass is 32.2. The number of thioether (sulfide) groups is 1. The van der Waals surface area contributed by atoms with Crippen molar-refractivity contribution in [3.8, 4) is 5.75 Å². The molecule has 0 aliphatic heterocycles. The number of hydrogen-bond donors (Lipinski definition) is 1. The van der Waals surface area contributed by atoms with Gasteiger partial charge in [0.2, 0.25) is 5.95 Å². The molecule has 6 heteroatoms. The lowest BCUT2D eigenvalue weighted by Gasteiger charge is -2.06. The van der Waals surface area contributed by atoms with Gasteiger partial charge < -0.3 is 10.5 Å². The van der Waals surface area contributed by atoms with Crippen LogP contribution in [0, 0.1) is 6.92 Å². The van der Waals surface area contributed by atoms with Gasteiger partial charge in [-0.15, -0.1) is 10.2 Å². The number of ether oxygens (including phenoxy) is 1. The summed E-state index contributed by atoms with van der Waals surface area (Å²) in [6, 6.07) is 8.07. The second-order valence-corrected chi connectivity index (χ2v) is 5.33. The Bertz CT molecular complexity index is 541. The number of rotatable bonds is 6. The largest absolute Gasteiger partial charge is 0.494 e. The van der Waals surface area contributed by atoms with E-state index in [0.717, 1.165) is 23.1 Å². The Kier molecular flexibility index (Phi) is 4.68. The van der Waals surface area contributed by atoms with Crippen LogP contribution in [0.1, 0.15) is 12.0 Å². The summed E-state index contributed by atoms with van der Waals surface area (Å²) in [6.07, 6.45) is 0.950. The third-order valence-electron chi connectivity index (χ3n) is 2.65. The molecular weight excluding hydrogens is 260 g/mol. The van der Waals surface area contributed by atoms with Crippen molar-refractivity contribution in [3.05, 3.63) is 29.8 Å². The SMILES string of the molecule is Cc1cccc(OCCCSc2nnc(N)n2C)c1. The molecule has 1 aromatic heterocycles. The minimum atomic E-state index is 0.443. The molecule has 0 unspecified atom stereocenters. The second kappa shape index (κ2) is 6.47. The van der Waals surface area contributed by atoms with Gasteiger partial charge in [-0.3, -0.25) is 4.57 Å². The molecule has 0 fully saturated rings. The number of benzene rings is 1. The average Bonchev–Trinajstić information content (AvgIpc) is 2.70. The first-order chi connectivity index (χ1) is 9.16. The van der Waals surface area contributed by atoms with Crippen LogP contribution in [0.5, 0.6) is 5.75 Å². The smallest absolute Gasteiger partial charge is 0.222 e. The lowest BCUT2D eigenvalue weighted by atomic mass is 10.2. The van der Waals surface area contributed by atoms with E-state index in [4.69, 9.17) is 10.5 Å². The molecule has 0 amide bonds.